The summed E-state index contributed by atoms with van der Waals surface area (Å²) in [5.41, 5.74) is 1.75. The predicted molar refractivity (Wildman–Crippen MR) is 125 cm³/mol. The van der Waals surface area contributed by atoms with Gasteiger partial charge in [0.05, 0.1) is 24.2 Å². The van der Waals surface area contributed by atoms with Gasteiger partial charge in [-0.3, -0.25) is 4.79 Å². The van der Waals surface area contributed by atoms with Gasteiger partial charge in [-0.15, -0.1) is 0 Å². The average molecular weight is 496 g/mol. The van der Waals surface area contributed by atoms with Crippen LogP contribution in [0.4, 0.5) is 4.39 Å². The number of hydrogen-bond donors (Lipinski definition) is 0. The fourth-order valence-electron chi connectivity index (χ4n) is 3.20. The lowest BCUT2D eigenvalue weighted by Crippen LogP contribution is -2.20. The highest BCUT2D eigenvalue weighted by atomic mass is 79.9. The number of fused-ring (bicyclic) bond motifs is 1. The minimum atomic E-state index is -0.310. The molecule has 0 bridgehead atoms. The molecule has 6 nitrogen and oxygen atoms in total. The molecule has 4 aromatic rings. The van der Waals surface area contributed by atoms with Crippen molar-refractivity contribution in [2.45, 2.75) is 13.5 Å². The Hall–Kier alpha value is -3.52. The molecule has 4 rings (SSSR count). The van der Waals surface area contributed by atoms with E-state index >= 15 is 0 Å². The molecule has 0 spiro atoms. The first-order valence-corrected chi connectivity index (χ1v) is 10.5. The number of halogens is 2. The molecule has 0 atom stereocenters. The highest BCUT2D eigenvalue weighted by molar-refractivity contribution is 9.10. The van der Waals surface area contributed by atoms with Crippen LogP contribution in [0, 0.1) is 12.7 Å². The number of aromatic nitrogens is 2. The summed E-state index contributed by atoms with van der Waals surface area (Å²) in [6, 6.07) is 16.8. The molecule has 8 heteroatoms. The lowest BCUT2D eigenvalue weighted by Gasteiger charge is -2.13. The molecule has 3 aromatic carbocycles. The Labute approximate surface area is 192 Å². The van der Waals surface area contributed by atoms with Crippen LogP contribution in [0.25, 0.3) is 10.9 Å². The van der Waals surface area contributed by atoms with E-state index in [-0.39, 0.29) is 18.0 Å². The fourth-order valence-corrected chi connectivity index (χ4v) is 3.56. The number of methoxy groups -OCH3 is 1. The van der Waals surface area contributed by atoms with E-state index < -0.39 is 0 Å². The lowest BCUT2D eigenvalue weighted by molar-refractivity contribution is 0.284. The molecular weight excluding hydrogens is 477 g/mol. The van der Waals surface area contributed by atoms with Gasteiger partial charge >= 0.3 is 0 Å². The van der Waals surface area contributed by atoms with Crippen molar-refractivity contribution in [3.05, 3.63) is 98.3 Å². The molecule has 0 saturated carbocycles. The largest absolute Gasteiger partial charge is 0.493 e. The highest BCUT2D eigenvalue weighted by Gasteiger charge is 2.12. The van der Waals surface area contributed by atoms with E-state index in [1.807, 2.05) is 6.07 Å². The zero-order valence-electron chi connectivity index (χ0n) is 17.4. The molecule has 0 fully saturated rings. The van der Waals surface area contributed by atoms with Gasteiger partial charge in [-0.25, -0.2) is 9.37 Å². The maximum absolute atomic E-state index is 13.2. The Kier molecular flexibility index (Phi) is 6.32. The van der Waals surface area contributed by atoms with Gasteiger partial charge in [0.25, 0.3) is 5.56 Å². The van der Waals surface area contributed by atoms with Crippen molar-refractivity contribution in [3.63, 3.8) is 0 Å². The standard InChI is InChI=1S/C24H19BrFN3O3/c1-15-28-21-11-8-18(25)12-20(21)24(30)29(15)27-13-17-4-3-5-22(31-2)23(17)32-14-16-6-9-19(26)10-7-16/h3-13H,14H2,1-2H3. The minimum absolute atomic E-state index is 0.214. The third kappa shape index (κ3) is 4.55. The Balaban J connectivity index is 1.70. The monoisotopic (exact) mass is 495 g/mol. The van der Waals surface area contributed by atoms with Crippen LogP contribution < -0.4 is 15.0 Å². The van der Waals surface area contributed by atoms with E-state index in [1.165, 1.54) is 23.0 Å². The molecule has 0 unspecified atom stereocenters. The Morgan fingerprint density at radius 3 is 2.69 bits per heavy atom. The van der Waals surface area contributed by atoms with Gasteiger partial charge in [0.15, 0.2) is 11.5 Å². The van der Waals surface area contributed by atoms with Gasteiger partial charge < -0.3 is 9.47 Å². The van der Waals surface area contributed by atoms with E-state index in [2.05, 4.69) is 26.0 Å². The second-order valence-electron chi connectivity index (χ2n) is 6.98. The van der Waals surface area contributed by atoms with Gasteiger partial charge in [0, 0.05) is 10.0 Å². The summed E-state index contributed by atoms with van der Waals surface area (Å²) in [5.74, 6) is 1.12. The summed E-state index contributed by atoms with van der Waals surface area (Å²) in [4.78, 5) is 17.4. The minimum Gasteiger partial charge on any atom is -0.493 e. The van der Waals surface area contributed by atoms with Crippen LogP contribution in [0.2, 0.25) is 0 Å². The normalized spacial score (nSPS) is 11.2. The Morgan fingerprint density at radius 1 is 1.16 bits per heavy atom. The number of para-hydroxylation sites is 1. The summed E-state index contributed by atoms with van der Waals surface area (Å²) in [6.45, 7) is 1.93. The zero-order chi connectivity index (χ0) is 22.7. The molecule has 162 valence electrons. The van der Waals surface area contributed by atoms with Crippen molar-refractivity contribution in [2.75, 3.05) is 7.11 Å². The van der Waals surface area contributed by atoms with Crippen LogP contribution in [0.3, 0.4) is 0 Å². The molecule has 1 aromatic heterocycles. The number of hydrogen-bond acceptors (Lipinski definition) is 5. The first kappa shape index (κ1) is 21.7. The first-order chi connectivity index (χ1) is 15.5. The van der Waals surface area contributed by atoms with Crippen LogP contribution >= 0.6 is 15.9 Å². The Morgan fingerprint density at radius 2 is 1.94 bits per heavy atom. The van der Waals surface area contributed by atoms with Crippen molar-refractivity contribution < 1.29 is 13.9 Å². The molecule has 0 aliphatic carbocycles. The smallest absolute Gasteiger partial charge is 0.282 e. The predicted octanol–water partition coefficient (Wildman–Crippen LogP) is 5.08. The van der Waals surface area contributed by atoms with Crippen LogP contribution in [-0.4, -0.2) is 23.0 Å². The van der Waals surface area contributed by atoms with Crippen LogP contribution in [0.5, 0.6) is 11.5 Å². The zero-order valence-corrected chi connectivity index (χ0v) is 19.0. The number of benzene rings is 3. The number of ether oxygens (including phenoxy) is 2. The molecule has 1 heterocycles. The van der Waals surface area contributed by atoms with E-state index in [0.717, 1.165) is 10.0 Å². The van der Waals surface area contributed by atoms with E-state index in [9.17, 15) is 9.18 Å². The van der Waals surface area contributed by atoms with Crippen LogP contribution in [-0.2, 0) is 6.61 Å². The van der Waals surface area contributed by atoms with Crippen molar-refractivity contribution >= 4 is 33.0 Å². The summed E-state index contributed by atoms with van der Waals surface area (Å²) in [6.07, 6.45) is 1.53. The van der Waals surface area contributed by atoms with Crippen molar-refractivity contribution in [1.29, 1.82) is 0 Å². The molecule has 0 aliphatic rings. The molecular formula is C24H19BrFN3O3. The van der Waals surface area contributed by atoms with Crippen molar-refractivity contribution in [1.82, 2.24) is 9.66 Å². The molecule has 0 N–H and O–H groups in total. The van der Waals surface area contributed by atoms with E-state index in [1.54, 1.807) is 56.5 Å². The number of aryl methyl sites for hydroxylation is 1. The van der Waals surface area contributed by atoms with Gasteiger partial charge in [0.2, 0.25) is 0 Å². The topological polar surface area (TPSA) is 65.7 Å². The average Bonchev–Trinajstić information content (AvgIpc) is 2.79. The fraction of sp³-hybridized carbons (Fsp3) is 0.125. The number of nitrogens with zero attached hydrogens (tertiary/aromatic N) is 3. The molecule has 32 heavy (non-hydrogen) atoms. The number of rotatable bonds is 6. The summed E-state index contributed by atoms with van der Waals surface area (Å²) in [5, 5.41) is 4.83. The lowest BCUT2D eigenvalue weighted by atomic mass is 10.2. The third-order valence-electron chi connectivity index (χ3n) is 4.81. The maximum atomic E-state index is 13.2. The second kappa shape index (κ2) is 9.32. The van der Waals surface area contributed by atoms with E-state index in [0.29, 0.717) is 33.8 Å². The quantitative estimate of drug-likeness (QED) is 0.350. The summed E-state index contributed by atoms with van der Waals surface area (Å²) in [7, 11) is 1.54. The maximum Gasteiger partial charge on any atom is 0.282 e. The second-order valence-corrected chi connectivity index (χ2v) is 7.89. The van der Waals surface area contributed by atoms with E-state index in [4.69, 9.17) is 9.47 Å². The molecule has 0 aliphatic heterocycles. The Bertz CT molecular complexity index is 1370. The third-order valence-corrected chi connectivity index (χ3v) is 5.30. The summed E-state index contributed by atoms with van der Waals surface area (Å²) < 4.78 is 26.6. The highest BCUT2D eigenvalue weighted by Crippen LogP contribution is 2.31. The van der Waals surface area contributed by atoms with Gasteiger partial charge in [-0.05, 0) is 55.0 Å². The van der Waals surface area contributed by atoms with Crippen molar-refractivity contribution in [2.24, 2.45) is 5.10 Å². The van der Waals surface area contributed by atoms with Crippen LogP contribution in [0.1, 0.15) is 17.0 Å². The SMILES string of the molecule is COc1cccc(C=Nn2c(C)nc3ccc(Br)cc3c2=O)c1OCc1ccc(F)cc1. The van der Waals surface area contributed by atoms with Crippen molar-refractivity contribution in [3.8, 4) is 11.5 Å². The van der Waals surface area contributed by atoms with Gasteiger partial charge in [-0.1, -0.05) is 34.1 Å². The van der Waals surface area contributed by atoms with Gasteiger partial charge in [0.1, 0.15) is 18.2 Å². The molecule has 0 saturated heterocycles. The molecule has 0 amide bonds. The summed E-state index contributed by atoms with van der Waals surface area (Å²) >= 11 is 3.39. The molecule has 0 radical (unpaired) electrons. The van der Waals surface area contributed by atoms with Gasteiger partial charge in [-0.2, -0.15) is 9.78 Å². The van der Waals surface area contributed by atoms with Crippen LogP contribution in [0.15, 0.2) is 75.0 Å². The first-order valence-electron chi connectivity index (χ1n) is 9.74.